The van der Waals surface area contributed by atoms with E-state index in [2.05, 4.69) is 73.2 Å². The van der Waals surface area contributed by atoms with Gasteiger partial charge >= 0.3 is 0 Å². The zero-order chi connectivity index (χ0) is 19.8. The van der Waals surface area contributed by atoms with Crippen molar-refractivity contribution >= 4 is 16.7 Å². The van der Waals surface area contributed by atoms with Gasteiger partial charge in [0.05, 0.1) is 0 Å². The number of benzene rings is 1. The molecule has 1 aliphatic carbocycles. The van der Waals surface area contributed by atoms with Gasteiger partial charge in [0, 0.05) is 52.6 Å². The molecule has 3 aromatic rings. The number of para-hydroxylation sites is 1. The largest absolute Gasteiger partial charge is 0.348 e. The van der Waals surface area contributed by atoms with Gasteiger partial charge in [0.15, 0.2) is 5.78 Å². The lowest BCUT2D eigenvalue weighted by atomic mass is 9.75. The highest BCUT2D eigenvalue weighted by molar-refractivity contribution is 6.11. The molecule has 3 heteroatoms. The number of aryl methyl sites for hydroxylation is 3. The van der Waals surface area contributed by atoms with Crippen LogP contribution in [0, 0.1) is 11.8 Å². The second kappa shape index (κ2) is 7.62. The average molecular weight is 377 g/mol. The minimum atomic E-state index is 0.0663. The lowest BCUT2D eigenvalue weighted by Crippen LogP contribution is -2.35. The molecular weight excluding hydrogens is 344 g/mol. The van der Waals surface area contributed by atoms with Gasteiger partial charge < -0.3 is 9.13 Å². The molecule has 1 aromatic carbocycles. The monoisotopic (exact) mass is 376 g/mol. The maximum atomic E-state index is 13.8. The Kier molecular flexibility index (Phi) is 5.18. The van der Waals surface area contributed by atoms with E-state index in [1.165, 1.54) is 22.6 Å². The molecule has 2 heterocycles. The standard InChI is InChI=1S/C25H32N2O/c1-5-17-15-23-24(20-11-9-10-12-22(20)26(23)8-4)25(28)21(17)16-27-18(6-2)13-14-19(27)7-3/h9-14,17,21H,5-8,15-16H2,1-4H3. The molecule has 0 saturated heterocycles. The van der Waals surface area contributed by atoms with Crippen LogP contribution >= 0.6 is 0 Å². The molecule has 28 heavy (non-hydrogen) atoms. The molecule has 4 rings (SSSR count). The van der Waals surface area contributed by atoms with Gasteiger partial charge in [-0.3, -0.25) is 4.79 Å². The molecule has 0 amide bonds. The normalized spacial score (nSPS) is 19.4. The third kappa shape index (κ3) is 2.83. The Morgan fingerprint density at radius 3 is 2.21 bits per heavy atom. The van der Waals surface area contributed by atoms with Gasteiger partial charge in [-0.2, -0.15) is 0 Å². The van der Waals surface area contributed by atoms with Crippen molar-refractivity contribution < 1.29 is 4.79 Å². The van der Waals surface area contributed by atoms with Crippen LogP contribution in [0.1, 0.15) is 61.6 Å². The van der Waals surface area contributed by atoms with E-state index in [-0.39, 0.29) is 5.92 Å². The molecule has 0 spiro atoms. The van der Waals surface area contributed by atoms with Crippen molar-refractivity contribution in [3.63, 3.8) is 0 Å². The van der Waals surface area contributed by atoms with Crippen LogP contribution in [-0.2, 0) is 32.4 Å². The molecule has 2 aromatic heterocycles. The molecule has 1 aliphatic rings. The summed E-state index contributed by atoms with van der Waals surface area (Å²) in [7, 11) is 0. The van der Waals surface area contributed by atoms with Crippen molar-refractivity contribution in [2.75, 3.05) is 0 Å². The highest BCUT2D eigenvalue weighted by Gasteiger charge is 2.38. The Morgan fingerprint density at radius 1 is 0.929 bits per heavy atom. The molecule has 0 radical (unpaired) electrons. The number of fused-ring (bicyclic) bond motifs is 3. The number of carbonyl (C=O) groups excluding carboxylic acids is 1. The molecule has 0 bridgehead atoms. The Bertz CT molecular complexity index is 986. The average Bonchev–Trinajstić information content (AvgIpc) is 3.27. The summed E-state index contributed by atoms with van der Waals surface area (Å²) in [5, 5.41) is 1.14. The molecule has 0 fully saturated rings. The van der Waals surface area contributed by atoms with Crippen LogP contribution in [0.4, 0.5) is 0 Å². The van der Waals surface area contributed by atoms with E-state index in [1.54, 1.807) is 0 Å². The van der Waals surface area contributed by atoms with Crippen molar-refractivity contribution in [2.24, 2.45) is 11.8 Å². The Morgan fingerprint density at radius 2 is 1.61 bits per heavy atom. The van der Waals surface area contributed by atoms with Crippen molar-refractivity contribution in [3.8, 4) is 0 Å². The van der Waals surface area contributed by atoms with Gasteiger partial charge in [0.2, 0.25) is 0 Å². The quantitative estimate of drug-likeness (QED) is 0.544. The van der Waals surface area contributed by atoms with Gasteiger partial charge in [0.25, 0.3) is 0 Å². The van der Waals surface area contributed by atoms with E-state index in [1.807, 2.05) is 0 Å². The number of carbonyl (C=O) groups is 1. The van der Waals surface area contributed by atoms with Crippen LogP contribution in [0.15, 0.2) is 36.4 Å². The molecule has 0 aliphatic heterocycles. The van der Waals surface area contributed by atoms with Crippen molar-refractivity contribution in [3.05, 3.63) is 59.0 Å². The van der Waals surface area contributed by atoms with Crippen LogP contribution in [-0.4, -0.2) is 14.9 Å². The number of hydrogen-bond acceptors (Lipinski definition) is 1. The van der Waals surface area contributed by atoms with Crippen molar-refractivity contribution in [1.82, 2.24) is 9.13 Å². The zero-order valence-corrected chi connectivity index (χ0v) is 17.7. The maximum Gasteiger partial charge on any atom is 0.170 e. The second-order valence-electron chi connectivity index (χ2n) is 8.06. The molecule has 2 atom stereocenters. The summed E-state index contributed by atoms with van der Waals surface area (Å²) < 4.78 is 4.79. The predicted octanol–water partition coefficient (Wildman–Crippen LogP) is 5.67. The first-order valence-electron chi connectivity index (χ1n) is 11.0. The molecule has 0 saturated carbocycles. The van der Waals surface area contributed by atoms with E-state index < -0.39 is 0 Å². The Hall–Kier alpha value is -2.29. The smallest absolute Gasteiger partial charge is 0.170 e. The number of rotatable bonds is 6. The predicted molar refractivity (Wildman–Crippen MR) is 116 cm³/mol. The summed E-state index contributed by atoms with van der Waals surface area (Å²) in [6, 6.07) is 12.9. The second-order valence-corrected chi connectivity index (χ2v) is 8.06. The Balaban J connectivity index is 1.82. The van der Waals surface area contributed by atoms with Crippen LogP contribution in [0.25, 0.3) is 10.9 Å². The van der Waals surface area contributed by atoms with E-state index in [0.29, 0.717) is 11.7 Å². The fraction of sp³-hybridized carbons (Fsp3) is 0.480. The minimum absolute atomic E-state index is 0.0663. The first-order valence-corrected chi connectivity index (χ1v) is 11.0. The summed E-state index contributed by atoms with van der Waals surface area (Å²) in [5.41, 5.74) is 6.16. The number of nitrogens with zero attached hydrogens (tertiary/aromatic N) is 2. The van der Waals surface area contributed by atoms with Gasteiger partial charge in [0.1, 0.15) is 0 Å². The van der Waals surface area contributed by atoms with Gasteiger partial charge in [-0.25, -0.2) is 0 Å². The van der Waals surface area contributed by atoms with Gasteiger partial charge in [-0.05, 0) is 50.3 Å². The molecule has 2 unspecified atom stereocenters. The van der Waals surface area contributed by atoms with Crippen LogP contribution in [0.3, 0.4) is 0 Å². The molecular formula is C25H32N2O. The lowest BCUT2D eigenvalue weighted by molar-refractivity contribution is 0.0825. The highest BCUT2D eigenvalue weighted by Crippen LogP contribution is 2.39. The molecule has 3 nitrogen and oxygen atoms in total. The SMILES string of the molecule is CCc1ccc(CC)n1CC1C(=O)c2c(n(CC)c3ccccc23)CC1CC. The van der Waals surface area contributed by atoms with Crippen LogP contribution in [0.2, 0.25) is 0 Å². The van der Waals surface area contributed by atoms with Crippen LogP contribution < -0.4 is 0 Å². The third-order valence-corrected chi connectivity index (χ3v) is 6.79. The Labute approximate surface area is 168 Å². The maximum absolute atomic E-state index is 13.8. The number of ketones is 1. The van der Waals surface area contributed by atoms with Gasteiger partial charge in [-0.1, -0.05) is 45.4 Å². The zero-order valence-electron chi connectivity index (χ0n) is 17.7. The fourth-order valence-corrected chi connectivity index (χ4v) is 5.26. The third-order valence-electron chi connectivity index (χ3n) is 6.79. The first kappa shape index (κ1) is 19.0. The van der Waals surface area contributed by atoms with Gasteiger partial charge in [-0.15, -0.1) is 0 Å². The summed E-state index contributed by atoms with van der Waals surface area (Å²) in [4.78, 5) is 13.8. The number of hydrogen-bond donors (Lipinski definition) is 0. The topological polar surface area (TPSA) is 26.9 Å². The first-order chi connectivity index (χ1) is 13.6. The summed E-state index contributed by atoms with van der Waals surface area (Å²) in [6.45, 7) is 10.6. The van der Waals surface area contributed by atoms with E-state index >= 15 is 0 Å². The highest BCUT2D eigenvalue weighted by atomic mass is 16.1. The van der Waals surface area contributed by atoms with E-state index in [9.17, 15) is 4.79 Å². The number of Topliss-reactive ketones (excluding diaryl/α,β-unsaturated/α-hetero) is 1. The lowest BCUT2D eigenvalue weighted by Gasteiger charge is -2.32. The summed E-state index contributed by atoms with van der Waals surface area (Å²) in [6.07, 6.45) is 4.08. The molecule has 0 N–H and O–H groups in total. The van der Waals surface area contributed by atoms with Crippen molar-refractivity contribution in [1.29, 1.82) is 0 Å². The van der Waals surface area contributed by atoms with E-state index in [0.717, 1.165) is 49.7 Å². The van der Waals surface area contributed by atoms with E-state index in [4.69, 9.17) is 0 Å². The van der Waals surface area contributed by atoms with Crippen LogP contribution in [0.5, 0.6) is 0 Å². The summed E-state index contributed by atoms with van der Waals surface area (Å²) in [5.74, 6) is 0.831. The summed E-state index contributed by atoms with van der Waals surface area (Å²) >= 11 is 0. The molecule has 148 valence electrons. The van der Waals surface area contributed by atoms with Crippen molar-refractivity contribution in [2.45, 2.75) is 66.5 Å². The number of aromatic nitrogens is 2. The minimum Gasteiger partial charge on any atom is -0.348 e. The fourth-order valence-electron chi connectivity index (χ4n) is 5.26.